The number of carbonyl (C=O) groups excluding carboxylic acids is 1. The van der Waals surface area contributed by atoms with Gasteiger partial charge >= 0.3 is 0 Å². The van der Waals surface area contributed by atoms with Crippen LogP contribution in [-0.4, -0.2) is 36.0 Å². The number of pyridine rings is 1. The SMILES string of the molecule is COCCCCCC(=O)Cc1sc2c(c1-c1nc(-c3ccccn3)cs1)CCNC2. The summed E-state index contributed by atoms with van der Waals surface area (Å²) in [4.78, 5) is 24.6. The van der Waals surface area contributed by atoms with Crippen LogP contribution in [0.25, 0.3) is 22.0 Å². The number of unbranched alkanes of at least 4 members (excludes halogenated alkanes) is 2. The number of thiophene rings is 1. The molecule has 0 amide bonds. The molecule has 0 radical (unpaired) electrons. The van der Waals surface area contributed by atoms with Crippen LogP contribution in [0.1, 0.15) is 41.0 Å². The zero-order valence-electron chi connectivity index (χ0n) is 17.3. The number of hydrogen-bond donors (Lipinski definition) is 1. The molecule has 0 unspecified atom stereocenters. The van der Waals surface area contributed by atoms with Gasteiger partial charge in [0, 0.05) is 60.0 Å². The lowest BCUT2D eigenvalue weighted by Gasteiger charge is -2.13. The number of fused-ring (bicyclic) bond motifs is 1. The van der Waals surface area contributed by atoms with E-state index in [4.69, 9.17) is 9.72 Å². The van der Waals surface area contributed by atoms with E-state index in [0.29, 0.717) is 18.6 Å². The smallest absolute Gasteiger partial charge is 0.138 e. The molecule has 0 aliphatic carbocycles. The lowest BCUT2D eigenvalue weighted by atomic mass is 10.00. The van der Waals surface area contributed by atoms with E-state index < -0.39 is 0 Å². The fourth-order valence-electron chi connectivity index (χ4n) is 3.80. The molecule has 3 aromatic heterocycles. The monoisotopic (exact) mass is 441 g/mol. The first-order chi connectivity index (χ1) is 14.8. The summed E-state index contributed by atoms with van der Waals surface area (Å²) in [5.74, 6) is 0.321. The molecule has 4 heterocycles. The summed E-state index contributed by atoms with van der Waals surface area (Å²) in [7, 11) is 1.72. The van der Waals surface area contributed by atoms with E-state index in [-0.39, 0.29) is 0 Å². The molecule has 0 saturated carbocycles. The number of aromatic nitrogens is 2. The third-order valence-corrected chi connectivity index (χ3v) is 7.40. The van der Waals surface area contributed by atoms with Gasteiger partial charge in [0.1, 0.15) is 16.5 Å². The Morgan fingerprint density at radius 2 is 2.17 bits per heavy atom. The highest BCUT2D eigenvalue weighted by Crippen LogP contribution is 2.41. The maximum atomic E-state index is 12.7. The molecule has 30 heavy (non-hydrogen) atoms. The van der Waals surface area contributed by atoms with Crippen LogP contribution in [0.15, 0.2) is 29.8 Å². The fourth-order valence-corrected chi connectivity index (χ4v) is 6.13. The minimum absolute atomic E-state index is 0.321. The van der Waals surface area contributed by atoms with Crippen molar-refractivity contribution in [3.8, 4) is 22.0 Å². The normalized spacial score (nSPS) is 13.4. The molecule has 0 aromatic carbocycles. The Labute approximate surface area is 185 Å². The van der Waals surface area contributed by atoms with Crippen molar-refractivity contribution in [2.75, 3.05) is 20.3 Å². The molecule has 1 aliphatic heterocycles. The van der Waals surface area contributed by atoms with Crippen LogP contribution in [0.3, 0.4) is 0 Å². The van der Waals surface area contributed by atoms with E-state index >= 15 is 0 Å². The van der Waals surface area contributed by atoms with Crippen LogP contribution in [0.2, 0.25) is 0 Å². The zero-order chi connectivity index (χ0) is 20.8. The topological polar surface area (TPSA) is 64.1 Å². The van der Waals surface area contributed by atoms with Gasteiger partial charge in [0.15, 0.2) is 0 Å². The highest BCUT2D eigenvalue weighted by Gasteiger charge is 2.25. The fraction of sp³-hybridized carbons (Fsp3) is 0.435. The molecule has 4 rings (SSSR count). The molecule has 0 fully saturated rings. The van der Waals surface area contributed by atoms with E-state index in [1.54, 1.807) is 36.0 Å². The van der Waals surface area contributed by atoms with Gasteiger partial charge in [0.05, 0.1) is 5.69 Å². The van der Waals surface area contributed by atoms with Crippen LogP contribution in [0, 0.1) is 0 Å². The maximum absolute atomic E-state index is 12.7. The van der Waals surface area contributed by atoms with Crippen molar-refractivity contribution in [2.24, 2.45) is 0 Å². The van der Waals surface area contributed by atoms with Crippen LogP contribution in [0.4, 0.5) is 0 Å². The minimum Gasteiger partial charge on any atom is -0.385 e. The average Bonchev–Trinajstić information content (AvgIpc) is 3.38. The minimum atomic E-state index is 0.321. The van der Waals surface area contributed by atoms with Gasteiger partial charge in [0.25, 0.3) is 0 Å². The molecule has 7 heteroatoms. The van der Waals surface area contributed by atoms with Crippen molar-refractivity contribution in [1.82, 2.24) is 15.3 Å². The van der Waals surface area contributed by atoms with Gasteiger partial charge in [-0.05, 0) is 43.5 Å². The summed E-state index contributed by atoms with van der Waals surface area (Å²) in [5.41, 5.74) is 4.37. The van der Waals surface area contributed by atoms with Crippen LogP contribution in [0.5, 0.6) is 0 Å². The largest absolute Gasteiger partial charge is 0.385 e. The number of ketones is 1. The van der Waals surface area contributed by atoms with Gasteiger partial charge in [-0.1, -0.05) is 12.5 Å². The number of Topliss-reactive ketones (excluding diaryl/α,β-unsaturated/α-hetero) is 1. The van der Waals surface area contributed by atoms with Crippen LogP contribution >= 0.6 is 22.7 Å². The molecule has 0 atom stereocenters. The number of thiazole rings is 1. The lowest BCUT2D eigenvalue weighted by Crippen LogP contribution is -2.22. The highest BCUT2D eigenvalue weighted by atomic mass is 32.1. The second kappa shape index (κ2) is 10.4. The van der Waals surface area contributed by atoms with Crippen LogP contribution in [-0.2, 0) is 28.9 Å². The second-order valence-electron chi connectivity index (χ2n) is 7.50. The maximum Gasteiger partial charge on any atom is 0.138 e. The zero-order valence-corrected chi connectivity index (χ0v) is 18.9. The van der Waals surface area contributed by atoms with Gasteiger partial charge in [-0.3, -0.25) is 9.78 Å². The van der Waals surface area contributed by atoms with Gasteiger partial charge in [-0.15, -0.1) is 22.7 Å². The second-order valence-corrected chi connectivity index (χ2v) is 9.55. The number of ether oxygens (including phenoxy) is 1. The Kier molecular flexibility index (Phi) is 7.38. The summed E-state index contributed by atoms with van der Waals surface area (Å²) in [6.45, 7) is 2.63. The Balaban J connectivity index is 1.55. The summed E-state index contributed by atoms with van der Waals surface area (Å²) in [5, 5.41) is 6.54. The molecular formula is C23H27N3O2S2. The highest BCUT2D eigenvalue weighted by molar-refractivity contribution is 7.15. The number of methoxy groups -OCH3 is 1. The quantitative estimate of drug-likeness (QED) is 0.454. The summed E-state index contributed by atoms with van der Waals surface area (Å²) < 4.78 is 5.09. The third-order valence-electron chi connectivity index (χ3n) is 5.31. The number of carbonyl (C=O) groups is 1. The first kappa shape index (κ1) is 21.3. The molecule has 0 saturated heterocycles. The first-order valence-corrected chi connectivity index (χ1v) is 12.2. The van der Waals surface area contributed by atoms with Crippen molar-refractivity contribution in [3.63, 3.8) is 0 Å². The molecule has 5 nitrogen and oxygen atoms in total. The Morgan fingerprint density at radius 1 is 1.23 bits per heavy atom. The van der Waals surface area contributed by atoms with Crippen molar-refractivity contribution in [3.05, 3.63) is 45.1 Å². The average molecular weight is 442 g/mol. The standard InChI is InChI=1S/C23H27N3O2S2/c1-28-12-6-2-3-7-16(27)13-20-22(17-9-11-24-14-21(17)30-20)23-26-19(15-29-23)18-8-4-5-10-25-18/h4-5,8,10,15,24H,2-3,6-7,9,11-14H2,1H3. The number of nitrogens with zero attached hydrogens (tertiary/aromatic N) is 2. The van der Waals surface area contributed by atoms with Gasteiger partial charge in [0.2, 0.25) is 0 Å². The molecule has 1 N–H and O–H groups in total. The Bertz CT molecular complexity index is 982. The summed E-state index contributed by atoms with van der Waals surface area (Å²) in [6.07, 6.45) is 6.93. The Morgan fingerprint density at radius 3 is 3.00 bits per heavy atom. The van der Waals surface area contributed by atoms with Crippen molar-refractivity contribution < 1.29 is 9.53 Å². The number of hydrogen-bond acceptors (Lipinski definition) is 7. The van der Waals surface area contributed by atoms with Crippen molar-refractivity contribution in [1.29, 1.82) is 0 Å². The van der Waals surface area contributed by atoms with Crippen LogP contribution < -0.4 is 5.32 Å². The van der Waals surface area contributed by atoms with Gasteiger partial charge in [-0.25, -0.2) is 4.98 Å². The van der Waals surface area contributed by atoms with E-state index in [1.807, 2.05) is 18.2 Å². The van der Waals surface area contributed by atoms with E-state index in [2.05, 4.69) is 15.7 Å². The molecular weight excluding hydrogens is 414 g/mol. The predicted molar refractivity (Wildman–Crippen MR) is 123 cm³/mol. The van der Waals surface area contributed by atoms with Gasteiger partial charge < -0.3 is 10.1 Å². The van der Waals surface area contributed by atoms with E-state index in [1.165, 1.54) is 20.9 Å². The summed E-state index contributed by atoms with van der Waals surface area (Å²) >= 11 is 3.44. The van der Waals surface area contributed by atoms with E-state index in [0.717, 1.165) is 61.8 Å². The molecule has 1 aliphatic rings. The molecule has 158 valence electrons. The van der Waals surface area contributed by atoms with E-state index in [9.17, 15) is 4.79 Å². The van der Waals surface area contributed by atoms with Crippen molar-refractivity contribution >= 4 is 28.5 Å². The predicted octanol–water partition coefficient (Wildman–Crippen LogP) is 4.90. The Hall–Kier alpha value is -1.93. The number of rotatable bonds is 10. The third kappa shape index (κ3) is 5.03. The molecule has 0 bridgehead atoms. The van der Waals surface area contributed by atoms with Crippen molar-refractivity contribution in [2.45, 2.75) is 45.1 Å². The first-order valence-electron chi connectivity index (χ1n) is 10.5. The molecule has 0 spiro atoms. The number of nitrogens with one attached hydrogen (secondary N) is 1. The lowest BCUT2D eigenvalue weighted by molar-refractivity contribution is -0.118. The summed E-state index contributed by atoms with van der Waals surface area (Å²) in [6, 6.07) is 5.88. The van der Waals surface area contributed by atoms with Gasteiger partial charge in [-0.2, -0.15) is 0 Å². The molecule has 3 aromatic rings.